The van der Waals surface area contributed by atoms with E-state index in [-0.39, 0.29) is 17.3 Å². The second-order valence-corrected chi connectivity index (χ2v) is 13.4. The molecule has 3 saturated carbocycles. The number of carbonyl (C=O) groups excluding carboxylic acids is 2. The van der Waals surface area contributed by atoms with E-state index in [0.717, 1.165) is 37.0 Å². The fourth-order valence-electron chi connectivity index (χ4n) is 9.05. The minimum atomic E-state index is -0.671. The largest absolute Gasteiger partial charge is 0.347 e. The average molecular weight is 475 g/mol. The van der Waals surface area contributed by atoms with Crippen LogP contribution in [0.5, 0.6) is 0 Å². The van der Waals surface area contributed by atoms with Gasteiger partial charge >= 0.3 is 0 Å². The van der Waals surface area contributed by atoms with Crippen LogP contribution < -0.4 is 0 Å². The third-order valence-electron chi connectivity index (χ3n) is 11.1. The molecular weight excluding hydrogens is 424 g/mol. The van der Waals surface area contributed by atoms with Crippen molar-refractivity contribution in [3.8, 4) is 0 Å². The van der Waals surface area contributed by atoms with Gasteiger partial charge in [0.2, 0.25) is 0 Å². The summed E-state index contributed by atoms with van der Waals surface area (Å²) in [6.07, 6.45) is 11.9. The summed E-state index contributed by atoms with van der Waals surface area (Å²) in [6, 6.07) is 0. The lowest BCUT2D eigenvalue weighted by Crippen LogP contribution is -2.55. The zero-order valence-electron chi connectivity index (χ0n) is 22.7. The van der Waals surface area contributed by atoms with E-state index in [1.54, 1.807) is 0 Å². The molecule has 0 amide bonds. The Hall–Kier alpha value is -0.740. The minimum Gasteiger partial charge on any atom is -0.347 e. The third kappa shape index (κ3) is 4.56. The third-order valence-corrected chi connectivity index (χ3v) is 11.1. The molecule has 0 aromatic heterocycles. The maximum Gasteiger partial charge on any atom is 0.175 e. The molecular formula is C30H50O4. The van der Waals surface area contributed by atoms with Crippen LogP contribution in [0.2, 0.25) is 0 Å². The quantitative estimate of drug-likeness (QED) is 0.361. The Balaban J connectivity index is 1.54. The molecule has 1 unspecified atom stereocenters. The molecule has 0 aromatic carbocycles. The van der Waals surface area contributed by atoms with Crippen molar-refractivity contribution < 1.29 is 19.1 Å². The molecule has 0 aromatic rings. The van der Waals surface area contributed by atoms with E-state index in [1.807, 2.05) is 0 Å². The van der Waals surface area contributed by atoms with Gasteiger partial charge in [0.25, 0.3) is 0 Å². The Bertz CT molecular complexity index is 740. The van der Waals surface area contributed by atoms with Crippen LogP contribution in [-0.2, 0) is 19.1 Å². The van der Waals surface area contributed by atoms with Gasteiger partial charge in [0.15, 0.2) is 5.79 Å². The van der Waals surface area contributed by atoms with Crippen LogP contribution in [-0.4, -0.2) is 31.1 Å². The predicted octanol–water partition coefficient (Wildman–Crippen LogP) is 6.84. The lowest BCUT2D eigenvalue weighted by molar-refractivity contribution is -0.201. The van der Waals surface area contributed by atoms with E-state index in [9.17, 15) is 9.59 Å². The molecule has 8 atom stereocenters. The van der Waals surface area contributed by atoms with E-state index in [1.165, 1.54) is 44.8 Å². The zero-order valence-corrected chi connectivity index (χ0v) is 22.7. The standard InChI is InChI=1S/C30H50O4/c1-20(2)8-7-9-21(3)23-10-11-24-27(22(4)19-31)25(12-13-28(23,24)5)29(6)14-15-30(18-26(29)32)33-16-17-34-30/h19-25,27H,7-18H2,1-6H3/t21-,22?,23-,24+,25+,27+,28-,29-/m1/s1. The van der Waals surface area contributed by atoms with Gasteiger partial charge in [0.1, 0.15) is 12.1 Å². The van der Waals surface area contributed by atoms with Crippen LogP contribution in [0.1, 0.15) is 106 Å². The van der Waals surface area contributed by atoms with Crippen LogP contribution in [0.4, 0.5) is 0 Å². The van der Waals surface area contributed by atoms with Gasteiger partial charge in [-0.1, -0.05) is 60.8 Å². The maximum atomic E-state index is 13.7. The number of carbonyl (C=O) groups is 2. The molecule has 4 fully saturated rings. The second-order valence-electron chi connectivity index (χ2n) is 13.4. The van der Waals surface area contributed by atoms with Gasteiger partial charge in [-0.05, 0) is 73.0 Å². The van der Waals surface area contributed by atoms with Gasteiger partial charge in [-0.3, -0.25) is 4.79 Å². The molecule has 4 aliphatic rings. The van der Waals surface area contributed by atoms with Gasteiger partial charge in [-0.2, -0.15) is 0 Å². The molecule has 0 radical (unpaired) electrons. The highest BCUT2D eigenvalue weighted by Gasteiger charge is 2.61. The lowest BCUT2D eigenvalue weighted by Gasteiger charge is -2.56. The van der Waals surface area contributed by atoms with E-state index in [2.05, 4.69) is 41.5 Å². The number of rotatable bonds is 8. The zero-order chi connectivity index (χ0) is 24.7. The summed E-state index contributed by atoms with van der Waals surface area (Å²) in [5, 5.41) is 0. The highest BCUT2D eigenvalue weighted by molar-refractivity contribution is 5.86. The number of ether oxygens (including phenoxy) is 2. The van der Waals surface area contributed by atoms with Crippen LogP contribution in [0.15, 0.2) is 0 Å². The SMILES string of the molecule is CC(C)CCC[C@@H](C)[C@H]1CC[C@H]2[C@H](C(C)C=O)[C@@H]([C@@]3(C)CCC4(CC3=O)OCCO4)CC[C@]12C. The molecule has 0 N–H and O–H groups in total. The molecule has 34 heavy (non-hydrogen) atoms. The second kappa shape index (κ2) is 9.96. The number of hydrogen-bond donors (Lipinski definition) is 0. The Kier molecular flexibility index (Phi) is 7.71. The van der Waals surface area contributed by atoms with E-state index < -0.39 is 5.79 Å². The lowest BCUT2D eigenvalue weighted by atomic mass is 9.48. The Labute approximate surface area is 208 Å². The van der Waals surface area contributed by atoms with Crippen molar-refractivity contribution in [3.63, 3.8) is 0 Å². The fraction of sp³-hybridized carbons (Fsp3) is 0.933. The van der Waals surface area contributed by atoms with Crippen molar-refractivity contribution >= 4 is 12.1 Å². The van der Waals surface area contributed by atoms with E-state index in [4.69, 9.17) is 9.47 Å². The summed E-state index contributed by atoms with van der Waals surface area (Å²) in [6.45, 7) is 15.2. The first-order valence-electron chi connectivity index (χ1n) is 14.3. The first-order chi connectivity index (χ1) is 16.1. The van der Waals surface area contributed by atoms with Crippen molar-refractivity contribution in [2.24, 2.45) is 52.3 Å². The van der Waals surface area contributed by atoms with Gasteiger partial charge in [-0.25, -0.2) is 0 Å². The number of ketones is 1. The normalized spacial score (nSPS) is 41.6. The van der Waals surface area contributed by atoms with Crippen molar-refractivity contribution in [1.29, 1.82) is 0 Å². The van der Waals surface area contributed by atoms with Crippen molar-refractivity contribution in [1.82, 2.24) is 0 Å². The summed E-state index contributed by atoms with van der Waals surface area (Å²) >= 11 is 0. The average Bonchev–Trinajstić information content (AvgIpc) is 3.39. The molecule has 0 bridgehead atoms. The Morgan fingerprint density at radius 3 is 2.26 bits per heavy atom. The number of fused-ring (bicyclic) bond motifs is 1. The first kappa shape index (κ1) is 26.3. The molecule has 1 heterocycles. The summed E-state index contributed by atoms with van der Waals surface area (Å²) in [7, 11) is 0. The fourth-order valence-corrected chi connectivity index (χ4v) is 9.05. The maximum absolute atomic E-state index is 13.7. The highest BCUT2D eigenvalue weighted by Crippen LogP contribution is 2.65. The van der Waals surface area contributed by atoms with Crippen molar-refractivity contribution in [2.75, 3.05) is 13.2 Å². The number of aldehydes is 1. The minimum absolute atomic E-state index is 0.00381. The van der Waals surface area contributed by atoms with Crippen LogP contribution in [0, 0.1) is 52.3 Å². The van der Waals surface area contributed by atoms with E-state index >= 15 is 0 Å². The number of hydrogen-bond acceptors (Lipinski definition) is 4. The predicted molar refractivity (Wildman–Crippen MR) is 135 cm³/mol. The topological polar surface area (TPSA) is 52.6 Å². The van der Waals surface area contributed by atoms with E-state index in [0.29, 0.717) is 42.7 Å². The van der Waals surface area contributed by atoms with Crippen molar-refractivity contribution in [2.45, 2.75) is 112 Å². The molecule has 3 aliphatic carbocycles. The first-order valence-corrected chi connectivity index (χ1v) is 14.3. The molecule has 1 saturated heterocycles. The summed E-state index contributed by atoms with van der Waals surface area (Å²) in [5.74, 6) is 3.02. The summed E-state index contributed by atoms with van der Waals surface area (Å²) < 4.78 is 11.8. The van der Waals surface area contributed by atoms with Gasteiger partial charge < -0.3 is 14.3 Å². The van der Waals surface area contributed by atoms with Crippen molar-refractivity contribution in [3.05, 3.63) is 0 Å². The van der Waals surface area contributed by atoms with Crippen LogP contribution >= 0.6 is 0 Å². The molecule has 1 spiro atoms. The Morgan fingerprint density at radius 2 is 1.65 bits per heavy atom. The summed E-state index contributed by atoms with van der Waals surface area (Å²) in [5.41, 5.74) is -0.0759. The van der Waals surface area contributed by atoms with Gasteiger partial charge in [0, 0.05) is 17.8 Å². The van der Waals surface area contributed by atoms with Crippen LogP contribution in [0.3, 0.4) is 0 Å². The molecule has 1 aliphatic heterocycles. The highest BCUT2D eigenvalue weighted by atomic mass is 16.7. The Morgan fingerprint density at radius 1 is 0.941 bits per heavy atom. The summed E-state index contributed by atoms with van der Waals surface area (Å²) in [4.78, 5) is 25.9. The molecule has 4 rings (SSSR count). The van der Waals surface area contributed by atoms with Gasteiger partial charge in [-0.15, -0.1) is 0 Å². The van der Waals surface area contributed by atoms with Gasteiger partial charge in [0.05, 0.1) is 19.6 Å². The monoisotopic (exact) mass is 474 g/mol. The smallest absolute Gasteiger partial charge is 0.175 e. The number of Topliss-reactive ketones (excluding diaryl/α,β-unsaturated/α-hetero) is 1. The van der Waals surface area contributed by atoms with Crippen LogP contribution in [0.25, 0.3) is 0 Å². The molecule has 4 nitrogen and oxygen atoms in total. The molecule has 194 valence electrons. The molecule has 4 heteroatoms.